The van der Waals surface area contributed by atoms with Gasteiger partial charge in [0.25, 0.3) is 0 Å². The van der Waals surface area contributed by atoms with Crippen LogP contribution in [0.2, 0.25) is 5.02 Å². The molecule has 0 spiro atoms. The summed E-state index contributed by atoms with van der Waals surface area (Å²) in [5.41, 5.74) is 5.93. The van der Waals surface area contributed by atoms with E-state index < -0.39 is 0 Å². The van der Waals surface area contributed by atoms with Crippen molar-refractivity contribution < 1.29 is 0 Å². The number of aryl methyl sites for hydroxylation is 1. The lowest BCUT2D eigenvalue weighted by molar-refractivity contribution is -0.00492. The summed E-state index contributed by atoms with van der Waals surface area (Å²) in [4.78, 5) is 0. The van der Waals surface area contributed by atoms with Gasteiger partial charge < -0.3 is 0 Å². The minimum atomic E-state index is 0.414. The van der Waals surface area contributed by atoms with Crippen LogP contribution in [0.5, 0.6) is 0 Å². The molecular formula is C23H25Cl. The number of hydrogen-bond acceptors (Lipinski definition) is 0. The van der Waals surface area contributed by atoms with Crippen molar-refractivity contribution in [3.63, 3.8) is 0 Å². The summed E-state index contributed by atoms with van der Waals surface area (Å²) in [6.07, 6.45) is 8.68. The molecule has 4 aliphatic rings. The van der Waals surface area contributed by atoms with Crippen molar-refractivity contribution in [1.29, 1.82) is 0 Å². The third-order valence-corrected chi connectivity index (χ3v) is 7.34. The highest BCUT2D eigenvalue weighted by Crippen LogP contribution is 2.61. The van der Waals surface area contributed by atoms with Crippen molar-refractivity contribution >= 4 is 11.6 Å². The largest absolute Gasteiger partial charge is 0.0837 e. The van der Waals surface area contributed by atoms with E-state index in [0.717, 1.165) is 22.8 Å². The molecule has 24 heavy (non-hydrogen) atoms. The SMILES string of the molecule is Cc1cccc(Cl)c1-c1ccccc1C12CC3CC(CC(C3)C1)C2. The third-order valence-electron chi connectivity index (χ3n) is 7.03. The highest BCUT2D eigenvalue weighted by Gasteiger charge is 2.52. The summed E-state index contributed by atoms with van der Waals surface area (Å²) in [5.74, 6) is 2.91. The Kier molecular flexibility index (Phi) is 3.36. The van der Waals surface area contributed by atoms with Crippen molar-refractivity contribution in [2.75, 3.05) is 0 Å². The van der Waals surface area contributed by atoms with Gasteiger partial charge in [0.2, 0.25) is 0 Å². The van der Waals surface area contributed by atoms with E-state index in [4.69, 9.17) is 11.6 Å². The molecule has 2 aromatic rings. The zero-order valence-corrected chi connectivity index (χ0v) is 15.2. The van der Waals surface area contributed by atoms with E-state index in [1.165, 1.54) is 55.2 Å². The van der Waals surface area contributed by atoms with Gasteiger partial charge in [0.1, 0.15) is 0 Å². The summed E-state index contributed by atoms with van der Waals surface area (Å²) < 4.78 is 0. The molecule has 0 N–H and O–H groups in total. The second-order valence-electron chi connectivity index (χ2n) is 8.68. The fourth-order valence-corrected chi connectivity index (χ4v) is 6.90. The molecule has 1 heteroatoms. The van der Waals surface area contributed by atoms with Crippen molar-refractivity contribution in [2.45, 2.75) is 50.9 Å². The molecule has 4 bridgehead atoms. The highest BCUT2D eigenvalue weighted by molar-refractivity contribution is 6.33. The molecule has 4 aliphatic carbocycles. The van der Waals surface area contributed by atoms with E-state index in [-0.39, 0.29) is 0 Å². The molecular weight excluding hydrogens is 312 g/mol. The van der Waals surface area contributed by atoms with Crippen molar-refractivity contribution in [3.05, 3.63) is 58.6 Å². The van der Waals surface area contributed by atoms with Crippen LogP contribution >= 0.6 is 11.6 Å². The van der Waals surface area contributed by atoms with Crippen molar-refractivity contribution in [2.24, 2.45) is 17.8 Å². The molecule has 0 aliphatic heterocycles. The minimum absolute atomic E-state index is 0.414. The maximum absolute atomic E-state index is 6.64. The van der Waals surface area contributed by atoms with Crippen LogP contribution in [0.4, 0.5) is 0 Å². The van der Waals surface area contributed by atoms with Gasteiger partial charge in [-0.2, -0.15) is 0 Å². The van der Waals surface area contributed by atoms with Gasteiger partial charge in [-0.05, 0) is 91.4 Å². The van der Waals surface area contributed by atoms with Gasteiger partial charge in [0.05, 0.1) is 0 Å². The number of rotatable bonds is 2. The first-order valence-electron chi connectivity index (χ1n) is 9.50. The predicted molar refractivity (Wildman–Crippen MR) is 101 cm³/mol. The number of halogens is 1. The average Bonchev–Trinajstić information content (AvgIpc) is 2.54. The van der Waals surface area contributed by atoms with Crippen LogP contribution in [0.3, 0.4) is 0 Å². The molecule has 0 amide bonds. The normalized spacial score (nSPS) is 33.8. The van der Waals surface area contributed by atoms with E-state index in [1.807, 2.05) is 6.07 Å². The Balaban J connectivity index is 1.68. The Bertz CT molecular complexity index is 733. The number of benzene rings is 2. The van der Waals surface area contributed by atoms with Crippen LogP contribution in [0.1, 0.15) is 49.7 Å². The van der Waals surface area contributed by atoms with Gasteiger partial charge in [-0.15, -0.1) is 0 Å². The fourth-order valence-electron chi connectivity index (χ4n) is 6.58. The van der Waals surface area contributed by atoms with E-state index in [9.17, 15) is 0 Å². The third kappa shape index (κ3) is 2.19. The van der Waals surface area contributed by atoms with Crippen LogP contribution in [-0.2, 0) is 5.41 Å². The van der Waals surface area contributed by atoms with Crippen LogP contribution in [0.15, 0.2) is 42.5 Å². The zero-order chi connectivity index (χ0) is 16.3. The summed E-state index contributed by atoms with van der Waals surface area (Å²) in [5, 5.41) is 0.896. The maximum atomic E-state index is 6.64. The first-order valence-corrected chi connectivity index (χ1v) is 9.87. The Morgan fingerprint density at radius 2 is 1.46 bits per heavy atom. The first kappa shape index (κ1) is 15.0. The first-order chi connectivity index (χ1) is 11.6. The van der Waals surface area contributed by atoms with Crippen LogP contribution in [0.25, 0.3) is 11.1 Å². The maximum Gasteiger partial charge on any atom is 0.0487 e. The van der Waals surface area contributed by atoms with Gasteiger partial charge in [0, 0.05) is 10.6 Å². The Morgan fingerprint density at radius 3 is 2.08 bits per heavy atom. The average molecular weight is 337 g/mol. The Hall–Kier alpha value is -1.27. The van der Waals surface area contributed by atoms with Crippen LogP contribution in [0, 0.1) is 24.7 Å². The quantitative estimate of drug-likeness (QED) is 0.566. The van der Waals surface area contributed by atoms with Gasteiger partial charge in [-0.1, -0.05) is 48.0 Å². The van der Waals surface area contributed by atoms with E-state index >= 15 is 0 Å². The zero-order valence-electron chi connectivity index (χ0n) is 14.4. The van der Waals surface area contributed by atoms with Crippen molar-refractivity contribution in [3.8, 4) is 11.1 Å². The lowest BCUT2D eigenvalue weighted by atomic mass is 9.47. The van der Waals surface area contributed by atoms with Gasteiger partial charge in [-0.25, -0.2) is 0 Å². The molecule has 0 nitrogen and oxygen atoms in total. The van der Waals surface area contributed by atoms with Crippen molar-refractivity contribution in [1.82, 2.24) is 0 Å². The molecule has 0 atom stereocenters. The Morgan fingerprint density at radius 1 is 0.833 bits per heavy atom. The Labute approximate surface area is 150 Å². The molecule has 0 heterocycles. The minimum Gasteiger partial charge on any atom is -0.0837 e. The van der Waals surface area contributed by atoms with E-state index in [0.29, 0.717) is 5.41 Å². The summed E-state index contributed by atoms with van der Waals surface area (Å²) in [6.45, 7) is 2.19. The smallest absolute Gasteiger partial charge is 0.0487 e. The van der Waals surface area contributed by atoms with Crippen LogP contribution < -0.4 is 0 Å². The summed E-state index contributed by atoms with van der Waals surface area (Å²) in [6, 6.07) is 15.4. The van der Waals surface area contributed by atoms with Gasteiger partial charge in [-0.3, -0.25) is 0 Å². The molecule has 4 fully saturated rings. The standard InChI is InChI=1S/C23H25Cl/c1-15-5-4-8-21(24)22(15)19-6-2-3-7-20(19)23-12-16-9-17(13-23)11-18(10-16)14-23/h2-8,16-18H,9-14H2,1H3. The second-order valence-corrected chi connectivity index (χ2v) is 9.08. The molecule has 124 valence electrons. The topological polar surface area (TPSA) is 0 Å². The monoisotopic (exact) mass is 336 g/mol. The molecule has 6 rings (SSSR count). The molecule has 0 saturated heterocycles. The molecule has 0 unspecified atom stereocenters. The highest BCUT2D eigenvalue weighted by atomic mass is 35.5. The predicted octanol–water partition coefficient (Wildman–Crippen LogP) is 6.78. The second kappa shape index (κ2) is 5.36. The summed E-state index contributed by atoms with van der Waals surface area (Å²) >= 11 is 6.64. The number of hydrogen-bond donors (Lipinski definition) is 0. The fraction of sp³-hybridized carbons (Fsp3) is 0.478. The van der Waals surface area contributed by atoms with Gasteiger partial charge in [0.15, 0.2) is 0 Å². The molecule has 0 radical (unpaired) electrons. The van der Waals surface area contributed by atoms with E-state index in [2.05, 4.69) is 43.3 Å². The molecule has 4 saturated carbocycles. The molecule has 0 aromatic heterocycles. The summed E-state index contributed by atoms with van der Waals surface area (Å²) in [7, 11) is 0. The van der Waals surface area contributed by atoms with Crippen LogP contribution in [-0.4, -0.2) is 0 Å². The van der Waals surface area contributed by atoms with Gasteiger partial charge >= 0.3 is 0 Å². The molecule has 2 aromatic carbocycles. The van der Waals surface area contributed by atoms with E-state index in [1.54, 1.807) is 5.56 Å². The lowest BCUT2D eigenvalue weighted by Gasteiger charge is -2.57. The lowest BCUT2D eigenvalue weighted by Crippen LogP contribution is -2.48.